The number of hydrogen-bond donors (Lipinski definition) is 2. The molecule has 1 aromatic rings. The Morgan fingerprint density at radius 2 is 2.00 bits per heavy atom. The predicted molar refractivity (Wildman–Crippen MR) is 100 cm³/mol. The second kappa shape index (κ2) is 9.78. The van der Waals surface area contributed by atoms with Crippen molar-refractivity contribution in [3.63, 3.8) is 0 Å². The third-order valence-electron chi connectivity index (χ3n) is 4.88. The Hall–Kier alpha value is -1.59. The van der Waals surface area contributed by atoms with Crippen LogP contribution < -0.4 is 10.1 Å². The highest BCUT2D eigenvalue weighted by molar-refractivity contribution is 5.75. The van der Waals surface area contributed by atoms with Crippen molar-refractivity contribution in [3.8, 4) is 5.75 Å². The van der Waals surface area contributed by atoms with E-state index in [1.807, 2.05) is 13.0 Å². The molecule has 5 nitrogen and oxygen atoms in total. The Bertz CT molecular complexity index is 566. The van der Waals surface area contributed by atoms with Gasteiger partial charge < -0.3 is 20.1 Å². The third kappa shape index (κ3) is 6.67. The number of piperidine rings is 1. The molecular formula is C20H32N2O3. The minimum absolute atomic E-state index is 0.0381. The number of likely N-dealkylation sites (tertiary alicyclic amines) is 1. The van der Waals surface area contributed by atoms with Crippen LogP contribution >= 0.6 is 0 Å². The monoisotopic (exact) mass is 348 g/mol. The zero-order valence-electron chi connectivity index (χ0n) is 15.8. The molecule has 1 heterocycles. The molecule has 0 aliphatic carbocycles. The maximum Gasteiger partial charge on any atom is 0.223 e. The van der Waals surface area contributed by atoms with Crippen LogP contribution in [-0.2, 0) is 4.79 Å². The van der Waals surface area contributed by atoms with Crippen molar-refractivity contribution in [1.82, 2.24) is 10.2 Å². The minimum Gasteiger partial charge on any atom is -0.493 e. The molecule has 0 bridgehead atoms. The van der Waals surface area contributed by atoms with Crippen LogP contribution in [0, 0.1) is 20.8 Å². The summed E-state index contributed by atoms with van der Waals surface area (Å²) in [5.74, 6) is 0.911. The molecule has 0 spiro atoms. The first-order chi connectivity index (χ1) is 12.0. The maximum atomic E-state index is 11.9. The average molecular weight is 348 g/mol. The molecule has 0 saturated carbocycles. The van der Waals surface area contributed by atoms with Crippen molar-refractivity contribution in [2.75, 3.05) is 32.8 Å². The fraction of sp³-hybridized carbons (Fsp3) is 0.650. The van der Waals surface area contributed by atoms with Crippen LogP contribution in [0.25, 0.3) is 0 Å². The SMILES string of the molecule is Cc1cc(C)c(C)c(OCCC(=O)NCCCN2CCC(O)CC2)c1. The lowest BCUT2D eigenvalue weighted by Crippen LogP contribution is -2.37. The second-order valence-electron chi connectivity index (χ2n) is 7.08. The zero-order valence-corrected chi connectivity index (χ0v) is 15.8. The highest BCUT2D eigenvalue weighted by Gasteiger charge is 2.16. The fourth-order valence-corrected chi connectivity index (χ4v) is 3.17. The lowest BCUT2D eigenvalue weighted by molar-refractivity contribution is -0.121. The third-order valence-corrected chi connectivity index (χ3v) is 4.88. The first kappa shape index (κ1) is 19.7. The number of hydrogen-bond acceptors (Lipinski definition) is 4. The van der Waals surface area contributed by atoms with Crippen LogP contribution in [0.15, 0.2) is 12.1 Å². The standard InChI is InChI=1S/C20H32N2O3/c1-15-13-16(2)17(3)19(14-15)25-12-7-20(24)21-8-4-9-22-10-5-18(23)6-11-22/h13-14,18,23H,4-12H2,1-3H3,(H,21,24). The van der Waals surface area contributed by atoms with Gasteiger partial charge in [-0.15, -0.1) is 0 Å². The summed E-state index contributed by atoms with van der Waals surface area (Å²) in [5.41, 5.74) is 3.52. The van der Waals surface area contributed by atoms with Crippen molar-refractivity contribution in [1.29, 1.82) is 0 Å². The number of aryl methyl sites for hydroxylation is 2. The molecule has 0 radical (unpaired) electrons. The number of nitrogens with one attached hydrogen (secondary N) is 1. The Balaban J connectivity index is 1.58. The smallest absolute Gasteiger partial charge is 0.223 e. The number of amides is 1. The molecule has 1 aliphatic rings. The average Bonchev–Trinajstić information content (AvgIpc) is 2.57. The van der Waals surface area contributed by atoms with Crippen LogP contribution in [0.3, 0.4) is 0 Å². The van der Waals surface area contributed by atoms with Gasteiger partial charge in [0, 0.05) is 19.6 Å². The summed E-state index contributed by atoms with van der Waals surface area (Å²) in [6, 6.07) is 4.16. The van der Waals surface area contributed by atoms with Crippen LogP contribution in [0.1, 0.15) is 42.4 Å². The van der Waals surface area contributed by atoms with Crippen LogP contribution in [0.5, 0.6) is 5.75 Å². The van der Waals surface area contributed by atoms with Crippen molar-refractivity contribution in [2.24, 2.45) is 0 Å². The quantitative estimate of drug-likeness (QED) is 0.708. The largest absolute Gasteiger partial charge is 0.493 e. The molecule has 1 amide bonds. The summed E-state index contributed by atoms with van der Waals surface area (Å²) in [4.78, 5) is 14.3. The van der Waals surface area contributed by atoms with E-state index in [1.165, 1.54) is 11.1 Å². The van der Waals surface area contributed by atoms with E-state index in [-0.39, 0.29) is 12.0 Å². The Morgan fingerprint density at radius 1 is 1.28 bits per heavy atom. The Morgan fingerprint density at radius 3 is 2.72 bits per heavy atom. The molecule has 1 saturated heterocycles. The molecule has 5 heteroatoms. The summed E-state index contributed by atoms with van der Waals surface area (Å²) in [6.07, 6.45) is 2.92. The molecular weight excluding hydrogens is 316 g/mol. The van der Waals surface area contributed by atoms with Gasteiger partial charge in [-0.3, -0.25) is 4.79 Å². The topological polar surface area (TPSA) is 61.8 Å². The van der Waals surface area contributed by atoms with Gasteiger partial charge >= 0.3 is 0 Å². The number of carbonyl (C=O) groups is 1. The van der Waals surface area contributed by atoms with E-state index in [0.717, 1.165) is 50.2 Å². The van der Waals surface area contributed by atoms with Crippen LogP contribution in [-0.4, -0.2) is 54.8 Å². The van der Waals surface area contributed by atoms with Crippen LogP contribution in [0.2, 0.25) is 0 Å². The summed E-state index contributed by atoms with van der Waals surface area (Å²) < 4.78 is 5.79. The Labute approximate surface area is 151 Å². The molecule has 1 fully saturated rings. The zero-order chi connectivity index (χ0) is 18.2. The van der Waals surface area contributed by atoms with E-state index in [0.29, 0.717) is 19.6 Å². The summed E-state index contributed by atoms with van der Waals surface area (Å²) >= 11 is 0. The number of aliphatic hydroxyl groups is 1. The highest BCUT2D eigenvalue weighted by atomic mass is 16.5. The van der Waals surface area contributed by atoms with E-state index < -0.39 is 0 Å². The molecule has 140 valence electrons. The van der Waals surface area contributed by atoms with E-state index in [4.69, 9.17) is 4.74 Å². The van der Waals surface area contributed by atoms with Gasteiger partial charge in [0.2, 0.25) is 5.91 Å². The highest BCUT2D eigenvalue weighted by Crippen LogP contribution is 2.23. The minimum atomic E-state index is -0.128. The molecule has 0 unspecified atom stereocenters. The van der Waals surface area contributed by atoms with E-state index in [2.05, 4.69) is 30.1 Å². The number of nitrogens with zero attached hydrogens (tertiary/aromatic N) is 1. The second-order valence-corrected chi connectivity index (χ2v) is 7.08. The lowest BCUT2D eigenvalue weighted by atomic mass is 10.1. The lowest BCUT2D eigenvalue weighted by Gasteiger charge is -2.29. The number of rotatable bonds is 8. The fourth-order valence-electron chi connectivity index (χ4n) is 3.17. The van der Waals surface area contributed by atoms with Crippen molar-refractivity contribution < 1.29 is 14.6 Å². The molecule has 0 atom stereocenters. The van der Waals surface area contributed by atoms with Crippen molar-refractivity contribution in [3.05, 3.63) is 28.8 Å². The van der Waals surface area contributed by atoms with Crippen molar-refractivity contribution in [2.45, 2.75) is 52.6 Å². The molecule has 2 rings (SSSR count). The molecule has 1 aromatic carbocycles. The summed E-state index contributed by atoms with van der Waals surface area (Å²) in [6.45, 7) is 10.2. The summed E-state index contributed by atoms with van der Waals surface area (Å²) in [7, 11) is 0. The first-order valence-corrected chi connectivity index (χ1v) is 9.33. The summed E-state index contributed by atoms with van der Waals surface area (Å²) in [5, 5.41) is 12.4. The van der Waals surface area contributed by atoms with Crippen molar-refractivity contribution >= 4 is 5.91 Å². The number of ether oxygens (including phenoxy) is 1. The normalized spacial score (nSPS) is 16.0. The van der Waals surface area contributed by atoms with Gasteiger partial charge in [-0.05, 0) is 69.3 Å². The molecule has 2 N–H and O–H groups in total. The number of aliphatic hydroxyl groups excluding tert-OH is 1. The van der Waals surface area contributed by atoms with Gasteiger partial charge in [0.25, 0.3) is 0 Å². The number of carbonyl (C=O) groups excluding carboxylic acids is 1. The predicted octanol–water partition coefficient (Wildman–Crippen LogP) is 2.34. The Kier molecular flexibility index (Phi) is 7.72. The van der Waals surface area contributed by atoms with Gasteiger partial charge in [-0.1, -0.05) is 6.07 Å². The maximum absolute atomic E-state index is 11.9. The molecule has 0 aromatic heterocycles. The number of benzene rings is 1. The molecule has 1 aliphatic heterocycles. The van der Waals surface area contributed by atoms with E-state index in [9.17, 15) is 9.90 Å². The van der Waals surface area contributed by atoms with Gasteiger partial charge in [-0.25, -0.2) is 0 Å². The van der Waals surface area contributed by atoms with E-state index in [1.54, 1.807) is 0 Å². The van der Waals surface area contributed by atoms with Gasteiger partial charge in [0.1, 0.15) is 5.75 Å². The van der Waals surface area contributed by atoms with Gasteiger partial charge in [0.05, 0.1) is 19.1 Å². The van der Waals surface area contributed by atoms with Gasteiger partial charge in [-0.2, -0.15) is 0 Å². The van der Waals surface area contributed by atoms with E-state index >= 15 is 0 Å². The van der Waals surface area contributed by atoms with Crippen LogP contribution in [0.4, 0.5) is 0 Å². The first-order valence-electron chi connectivity index (χ1n) is 9.33. The van der Waals surface area contributed by atoms with Gasteiger partial charge in [0.15, 0.2) is 0 Å². The molecule has 25 heavy (non-hydrogen) atoms.